The molecule has 0 radical (unpaired) electrons. The highest BCUT2D eigenvalue weighted by molar-refractivity contribution is 6.01. The molecule has 10 nitrogen and oxygen atoms in total. The number of carbonyl (C=O) groups is 3. The maximum Gasteiger partial charge on any atom is 0.306 e. The van der Waals surface area contributed by atoms with Crippen molar-refractivity contribution in [1.82, 2.24) is 9.80 Å². The van der Waals surface area contributed by atoms with Gasteiger partial charge in [0.05, 0.1) is 23.9 Å². The average molecular weight is 660 g/mol. The Morgan fingerprint density at radius 2 is 1.77 bits per heavy atom. The second-order valence-corrected chi connectivity index (χ2v) is 13.0. The van der Waals surface area contributed by atoms with Crippen molar-refractivity contribution < 1.29 is 32.6 Å². The number of nitrogens with two attached hydrogens (primary N) is 1. The van der Waals surface area contributed by atoms with Gasteiger partial charge in [-0.25, -0.2) is 8.78 Å². The Hall–Kier alpha value is -5.02. The summed E-state index contributed by atoms with van der Waals surface area (Å²) in [5.74, 6) is -2.08. The highest BCUT2D eigenvalue weighted by atomic mass is 19.1. The molecule has 0 aliphatic carbocycles. The summed E-state index contributed by atoms with van der Waals surface area (Å²) in [5.41, 5.74) is 7.76. The van der Waals surface area contributed by atoms with Gasteiger partial charge in [-0.15, -0.1) is 0 Å². The number of esters is 1. The lowest BCUT2D eigenvalue weighted by molar-refractivity contribution is -0.155. The molecule has 1 saturated heterocycles. The Bertz CT molecular complexity index is 1740. The molecule has 0 bridgehead atoms. The molecule has 12 heteroatoms. The minimum atomic E-state index is -1.02. The zero-order chi connectivity index (χ0) is 34.6. The monoisotopic (exact) mass is 659 g/mol. The van der Waals surface area contributed by atoms with Crippen LogP contribution in [0.3, 0.4) is 0 Å². The van der Waals surface area contributed by atoms with Crippen molar-refractivity contribution in [2.75, 3.05) is 31.1 Å². The highest BCUT2D eigenvalue weighted by Crippen LogP contribution is 2.34. The van der Waals surface area contributed by atoms with E-state index < -0.39 is 41.1 Å². The number of nitriles is 1. The van der Waals surface area contributed by atoms with E-state index in [0.717, 1.165) is 5.56 Å². The molecule has 2 heterocycles. The Balaban J connectivity index is 1.17. The first-order chi connectivity index (χ1) is 22.8. The van der Waals surface area contributed by atoms with Crippen molar-refractivity contribution in [3.05, 3.63) is 94.0 Å². The van der Waals surface area contributed by atoms with E-state index in [2.05, 4.69) is 4.90 Å². The quantitative estimate of drug-likeness (QED) is 0.294. The molecule has 2 amide bonds. The van der Waals surface area contributed by atoms with Gasteiger partial charge >= 0.3 is 5.97 Å². The number of piperazine rings is 1. The standard InChI is InChI=1S/C36H39F2N5O5/c1-36(2,3)48-33(44)12-11-31(34(40)45)43-21-27-26(35(43)46)5-4-6-32(27)47-22-25-9-7-24(18-28(25)37)20-41-13-15-42(16-14-41)30-10-8-23(19-39)17-29(30)38/h4-10,17-18,31H,11-16,20-22H2,1-3H3,(H2,40,45)/t31-/m0/s1. The average Bonchev–Trinajstić information content (AvgIpc) is 3.36. The maximum absolute atomic E-state index is 15.2. The number of nitrogens with zero attached hydrogens (tertiary/aromatic N) is 4. The molecule has 252 valence electrons. The van der Waals surface area contributed by atoms with Gasteiger partial charge in [-0.1, -0.05) is 18.2 Å². The largest absolute Gasteiger partial charge is 0.488 e. The third kappa shape index (κ3) is 8.09. The summed E-state index contributed by atoms with van der Waals surface area (Å²) in [6, 6.07) is 15.4. The Morgan fingerprint density at radius 1 is 1.02 bits per heavy atom. The minimum absolute atomic E-state index is 0.0170. The first kappa shape index (κ1) is 34.3. The van der Waals surface area contributed by atoms with E-state index in [-0.39, 0.29) is 31.6 Å². The molecule has 1 atom stereocenters. The smallest absolute Gasteiger partial charge is 0.306 e. The van der Waals surface area contributed by atoms with E-state index in [9.17, 15) is 18.8 Å². The van der Waals surface area contributed by atoms with Crippen molar-refractivity contribution in [2.45, 2.75) is 65.0 Å². The van der Waals surface area contributed by atoms with E-state index in [4.69, 9.17) is 20.5 Å². The lowest BCUT2D eigenvalue weighted by atomic mass is 10.1. The zero-order valence-electron chi connectivity index (χ0n) is 27.3. The molecule has 0 saturated carbocycles. The molecule has 2 aliphatic rings. The van der Waals surface area contributed by atoms with Crippen LogP contribution in [-0.4, -0.2) is 65.4 Å². The normalized spacial score (nSPS) is 15.5. The van der Waals surface area contributed by atoms with E-state index in [1.807, 2.05) is 17.0 Å². The molecule has 5 rings (SSSR count). The predicted molar refractivity (Wildman–Crippen MR) is 174 cm³/mol. The van der Waals surface area contributed by atoms with Gasteiger partial charge < -0.3 is 25.0 Å². The van der Waals surface area contributed by atoms with E-state index in [1.54, 1.807) is 57.2 Å². The molecular formula is C36H39F2N5O5. The van der Waals surface area contributed by atoms with Crippen LogP contribution in [0.2, 0.25) is 0 Å². The maximum atomic E-state index is 15.2. The molecule has 3 aromatic carbocycles. The van der Waals surface area contributed by atoms with Gasteiger partial charge in [0.2, 0.25) is 5.91 Å². The fraction of sp³-hybridized carbons (Fsp3) is 0.389. The number of benzene rings is 3. The van der Waals surface area contributed by atoms with Crippen molar-refractivity contribution >= 4 is 23.5 Å². The number of hydrogen-bond donors (Lipinski definition) is 1. The van der Waals surface area contributed by atoms with Gasteiger partial charge in [0.1, 0.15) is 35.6 Å². The number of anilines is 1. The van der Waals surface area contributed by atoms with Crippen LogP contribution in [0.5, 0.6) is 5.75 Å². The second kappa shape index (κ2) is 14.4. The van der Waals surface area contributed by atoms with Crippen LogP contribution in [0.25, 0.3) is 0 Å². The van der Waals surface area contributed by atoms with Crippen molar-refractivity contribution in [2.24, 2.45) is 5.73 Å². The van der Waals surface area contributed by atoms with Crippen molar-refractivity contribution in [3.63, 3.8) is 0 Å². The van der Waals surface area contributed by atoms with Gasteiger partial charge in [0, 0.05) is 55.8 Å². The minimum Gasteiger partial charge on any atom is -0.488 e. The molecule has 2 N–H and O–H groups in total. The number of fused-ring (bicyclic) bond motifs is 1. The first-order valence-electron chi connectivity index (χ1n) is 15.8. The van der Waals surface area contributed by atoms with Crippen molar-refractivity contribution in [1.29, 1.82) is 5.26 Å². The third-order valence-corrected chi connectivity index (χ3v) is 8.40. The summed E-state index contributed by atoms with van der Waals surface area (Å²) in [6.07, 6.45) is -0.0679. The summed E-state index contributed by atoms with van der Waals surface area (Å²) < 4.78 is 41.0. The summed E-state index contributed by atoms with van der Waals surface area (Å²) in [7, 11) is 0. The molecular weight excluding hydrogens is 620 g/mol. The highest BCUT2D eigenvalue weighted by Gasteiger charge is 2.37. The summed E-state index contributed by atoms with van der Waals surface area (Å²) in [6.45, 7) is 8.26. The van der Waals surface area contributed by atoms with Crippen molar-refractivity contribution in [3.8, 4) is 11.8 Å². The number of rotatable bonds is 11. The van der Waals surface area contributed by atoms with E-state index >= 15 is 4.39 Å². The number of hydrogen-bond acceptors (Lipinski definition) is 8. The second-order valence-electron chi connectivity index (χ2n) is 13.0. The van der Waals surface area contributed by atoms with Gasteiger partial charge in [0.25, 0.3) is 5.91 Å². The molecule has 2 aliphatic heterocycles. The van der Waals surface area contributed by atoms with Crippen LogP contribution in [0.15, 0.2) is 54.6 Å². The van der Waals surface area contributed by atoms with Crippen LogP contribution >= 0.6 is 0 Å². The van der Waals surface area contributed by atoms with Gasteiger partial charge in [-0.05, 0) is 69.2 Å². The summed E-state index contributed by atoms with van der Waals surface area (Å²) >= 11 is 0. The molecule has 48 heavy (non-hydrogen) atoms. The number of amides is 2. The van der Waals surface area contributed by atoms with Crippen LogP contribution in [-0.2, 0) is 34.0 Å². The van der Waals surface area contributed by atoms with Crippen LogP contribution in [0, 0.1) is 23.0 Å². The Morgan fingerprint density at radius 3 is 2.42 bits per heavy atom. The van der Waals surface area contributed by atoms with Gasteiger partial charge in [-0.3, -0.25) is 19.3 Å². The molecule has 1 fully saturated rings. The lowest BCUT2D eigenvalue weighted by Crippen LogP contribution is -2.46. The lowest BCUT2D eigenvalue weighted by Gasteiger charge is -2.36. The number of primary amides is 1. The van der Waals surface area contributed by atoms with Crippen LogP contribution < -0.4 is 15.4 Å². The number of carbonyl (C=O) groups excluding carboxylic acids is 3. The molecule has 0 unspecified atom stereocenters. The van der Waals surface area contributed by atoms with Gasteiger partial charge in [-0.2, -0.15) is 5.26 Å². The Labute approximate surface area is 278 Å². The fourth-order valence-electron chi connectivity index (χ4n) is 6.01. The first-order valence-corrected chi connectivity index (χ1v) is 15.8. The summed E-state index contributed by atoms with van der Waals surface area (Å²) in [4.78, 5) is 43.3. The van der Waals surface area contributed by atoms with Crippen LogP contribution in [0.1, 0.15) is 66.2 Å². The topological polar surface area (TPSA) is 129 Å². The number of ether oxygens (including phenoxy) is 2. The molecule has 0 spiro atoms. The van der Waals surface area contributed by atoms with E-state index in [1.165, 1.54) is 17.0 Å². The molecule has 0 aromatic heterocycles. The predicted octanol–water partition coefficient (Wildman–Crippen LogP) is 4.67. The van der Waals surface area contributed by atoms with E-state index in [0.29, 0.717) is 60.9 Å². The zero-order valence-corrected chi connectivity index (χ0v) is 27.3. The number of halogens is 2. The Kier molecular flexibility index (Phi) is 10.3. The molecule has 3 aromatic rings. The van der Waals surface area contributed by atoms with Gasteiger partial charge in [0.15, 0.2) is 0 Å². The SMILES string of the molecule is CC(C)(C)OC(=O)CC[C@@H](C(N)=O)N1Cc2c(OCc3ccc(CN4CCN(c5ccc(C#N)cc5F)CC4)cc3F)cccc2C1=O. The third-order valence-electron chi connectivity index (χ3n) is 8.40. The summed E-state index contributed by atoms with van der Waals surface area (Å²) in [5, 5.41) is 8.98. The van der Waals surface area contributed by atoms with Crippen LogP contribution in [0.4, 0.5) is 14.5 Å². The fourth-order valence-corrected chi connectivity index (χ4v) is 6.01.